The number of likely N-dealkylation sites (tertiary alicyclic amines) is 1. The van der Waals surface area contributed by atoms with E-state index in [9.17, 15) is 8.42 Å². The summed E-state index contributed by atoms with van der Waals surface area (Å²) in [6, 6.07) is 14.3. The highest BCUT2D eigenvalue weighted by Crippen LogP contribution is 2.45. The zero-order chi connectivity index (χ0) is 18.5. The number of quaternary nitrogens is 1. The van der Waals surface area contributed by atoms with Gasteiger partial charge in [0, 0.05) is 6.42 Å². The van der Waals surface area contributed by atoms with Crippen LogP contribution in [0.2, 0.25) is 0 Å². The van der Waals surface area contributed by atoms with E-state index in [4.69, 9.17) is 5.26 Å². The van der Waals surface area contributed by atoms with Crippen molar-refractivity contribution in [1.82, 2.24) is 0 Å². The van der Waals surface area contributed by atoms with Crippen molar-refractivity contribution in [3.8, 4) is 6.07 Å². The van der Waals surface area contributed by atoms with Crippen molar-refractivity contribution in [2.75, 3.05) is 24.4 Å². The van der Waals surface area contributed by atoms with Crippen molar-refractivity contribution in [2.24, 2.45) is 0 Å². The lowest BCUT2D eigenvalue weighted by molar-refractivity contribution is -0.886. The summed E-state index contributed by atoms with van der Waals surface area (Å²) in [6.07, 6.45) is 0.847. The minimum absolute atomic E-state index is 0.0313. The minimum Gasteiger partial charge on any atom is -0.337 e. The Morgan fingerprint density at radius 2 is 1.92 bits per heavy atom. The van der Waals surface area contributed by atoms with E-state index >= 15 is 0 Å². The van der Waals surface area contributed by atoms with Crippen molar-refractivity contribution in [3.05, 3.63) is 59.2 Å². The molecule has 0 spiro atoms. The minimum atomic E-state index is -3.66. The molecular weight excluding hydrogens is 346 g/mol. The van der Waals surface area contributed by atoms with Gasteiger partial charge in [0.15, 0.2) is 0 Å². The van der Waals surface area contributed by atoms with E-state index in [2.05, 4.69) is 13.1 Å². The fourth-order valence-electron chi connectivity index (χ4n) is 4.28. The number of aryl methyl sites for hydroxylation is 1. The maximum Gasteiger partial charge on any atom is 0.264 e. The molecule has 1 saturated heterocycles. The van der Waals surface area contributed by atoms with Crippen LogP contribution < -0.4 is 9.21 Å². The predicted molar refractivity (Wildman–Crippen MR) is 99.8 cm³/mol. The quantitative estimate of drug-likeness (QED) is 0.872. The maximum atomic E-state index is 13.5. The van der Waals surface area contributed by atoms with Crippen molar-refractivity contribution in [1.29, 1.82) is 5.26 Å². The van der Waals surface area contributed by atoms with Crippen LogP contribution in [0.3, 0.4) is 0 Å². The summed E-state index contributed by atoms with van der Waals surface area (Å²) in [6.45, 7) is 3.96. The molecule has 2 aromatic rings. The lowest BCUT2D eigenvalue weighted by Gasteiger charge is -2.34. The van der Waals surface area contributed by atoms with Gasteiger partial charge >= 0.3 is 0 Å². The average Bonchev–Trinajstić information content (AvgIpc) is 2.95. The van der Waals surface area contributed by atoms with Crippen LogP contribution in [-0.2, 0) is 10.0 Å². The first kappa shape index (κ1) is 17.1. The molecule has 2 aliphatic rings. The summed E-state index contributed by atoms with van der Waals surface area (Å²) in [5.74, 6) is 0.229. The fourth-order valence-corrected chi connectivity index (χ4v) is 6.02. The van der Waals surface area contributed by atoms with Crippen molar-refractivity contribution in [3.63, 3.8) is 0 Å². The first-order valence-electron chi connectivity index (χ1n) is 8.88. The lowest BCUT2D eigenvalue weighted by Crippen LogP contribution is -3.11. The highest BCUT2D eigenvalue weighted by Gasteiger charge is 2.48. The van der Waals surface area contributed by atoms with Crippen molar-refractivity contribution >= 4 is 15.7 Å². The second kappa shape index (κ2) is 6.11. The van der Waals surface area contributed by atoms with Crippen molar-refractivity contribution in [2.45, 2.75) is 30.2 Å². The topological polar surface area (TPSA) is 65.6 Å². The molecule has 3 atom stereocenters. The number of nitrogens with zero attached hydrogens (tertiary/aromatic N) is 2. The zero-order valence-corrected chi connectivity index (χ0v) is 15.8. The van der Waals surface area contributed by atoms with Gasteiger partial charge in [-0.3, -0.25) is 4.31 Å². The van der Waals surface area contributed by atoms with E-state index in [0.29, 0.717) is 5.56 Å². The molecule has 1 N–H and O–H groups in total. The summed E-state index contributed by atoms with van der Waals surface area (Å²) in [4.78, 5) is 1.69. The summed E-state index contributed by atoms with van der Waals surface area (Å²) in [5.41, 5.74) is 3.57. The number of nitriles is 1. The van der Waals surface area contributed by atoms with Crippen LogP contribution in [0, 0.1) is 18.3 Å². The smallest absolute Gasteiger partial charge is 0.264 e. The predicted octanol–water partition coefficient (Wildman–Crippen LogP) is 1.45. The molecule has 5 nitrogen and oxygen atoms in total. The van der Waals surface area contributed by atoms with Gasteiger partial charge in [-0.1, -0.05) is 17.7 Å². The molecule has 2 aliphatic heterocycles. The summed E-state index contributed by atoms with van der Waals surface area (Å²) in [5, 5.41) is 8.97. The van der Waals surface area contributed by atoms with Crippen LogP contribution in [0.5, 0.6) is 0 Å². The first-order chi connectivity index (χ1) is 12.4. The van der Waals surface area contributed by atoms with E-state index in [0.717, 1.165) is 36.3 Å². The third-order valence-electron chi connectivity index (χ3n) is 5.56. The zero-order valence-electron chi connectivity index (χ0n) is 14.9. The third kappa shape index (κ3) is 2.59. The number of hydrogen-bond acceptors (Lipinski definition) is 3. The van der Waals surface area contributed by atoms with E-state index in [1.165, 1.54) is 17.0 Å². The Bertz CT molecular complexity index is 993. The molecule has 2 heterocycles. The number of anilines is 1. The highest BCUT2D eigenvalue weighted by molar-refractivity contribution is 7.92. The van der Waals surface area contributed by atoms with Crippen LogP contribution >= 0.6 is 0 Å². The van der Waals surface area contributed by atoms with Gasteiger partial charge < -0.3 is 4.90 Å². The molecule has 0 bridgehead atoms. The molecular formula is C20H22N3O2S+. The molecule has 0 saturated carbocycles. The van der Waals surface area contributed by atoms with Gasteiger partial charge in [0.05, 0.1) is 54.3 Å². The molecule has 6 heteroatoms. The Kier molecular flexibility index (Phi) is 4.02. The lowest BCUT2D eigenvalue weighted by atomic mass is 9.89. The molecule has 134 valence electrons. The van der Waals surface area contributed by atoms with E-state index in [1.807, 2.05) is 25.1 Å². The monoisotopic (exact) mass is 368 g/mol. The van der Waals surface area contributed by atoms with Gasteiger partial charge in [-0.25, -0.2) is 8.42 Å². The van der Waals surface area contributed by atoms with Crippen LogP contribution in [0.1, 0.15) is 29.0 Å². The number of benzene rings is 2. The van der Waals surface area contributed by atoms with Gasteiger partial charge in [-0.2, -0.15) is 5.26 Å². The van der Waals surface area contributed by atoms with Gasteiger partial charge in [0.25, 0.3) is 10.0 Å². The molecule has 2 aromatic carbocycles. The van der Waals surface area contributed by atoms with E-state index in [1.54, 1.807) is 16.4 Å². The Morgan fingerprint density at radius 1 is 1.19 bits per heavy atom. The van der Waals surface area contributed by atoms with Gasteiger partial charge in [0.1, 0.15) is 0 Å². The molecule has 0 amide bonds. The van der Waals surface area contributed by atoms with Crippen LogP contribution in [0.25, 0.3) is 0 Å². The van der Waals surface area contributed by atoms with Crippen LogP contribution in [-0.4, -0.2) is 34.6 Å². The molecule has 4 rings (SSSR count). The summed E-state index contributed by atoms with van der Waals surface area (Å²) < 4.78 is 28.5. The van der Waals surface area contributed by atoms with Gasteiger partial charge in [0.2, 0.25) is 0 Å². The largest absolute Gasteiger partial charge is 0.337 e. The Labute approximate surface area is 154 Å². The Balaban J connectivity index is 1.83. The van der Waals surface area contributed by atoms with Crippen LogP contribution in [0.4, 0.5) is 5.69 Å². The standard InChI is InChI=1S/C20H21N3O2S/c1-14-3-8-19-17(11-14)18-13-22(2)10-9-20(18)23(19)26(24,25)16-6-4-15(12-21)5-7-16/h3-8,11,18,20H,9-10,13H2,1-2H3/p+1/t18-,20+/m1/s1. The van der Waals surface area contributed by atoms with Crippen molar-refractivity contribution < 1.29 is 13.3 Å². The number of piperidine rings is 1. The molecule has 26 heavy (non-hydrogen) atoms. The summed E-state index contributed by atoms with van der Waals surface area (Å²) >= 11 is 0. The second-order valence-corrected chi connectivity index (χ2v) is 9.19. The van der Waals surface area contributed by atoms with E-state index in [-0.39, 0.29) is 16.9 Å². The fraction of sp³-hybridized carbons (Fsp3) is 0.350. The number of rotatable bonds is 2. The molecule has 0 aliphatic carbocycles. The van der Waals surface area contributed by atoms with E-state index < -0.39 is 10.0 Å². The number of likely N-dealkylation sites (N-methyl/N-ethyl adjacent to an activating group) is 1. The number of fused-ring (bicyclic) bond motifs is 3. The number of sulfonamides is 1. The Hall–Kier alpha value is -2.36. The normalized spacial score (nSPS) is 24.7. The molecule has 0 aromatic heterocycles. The number of hydrogen-bond donors (Lipinski definition) is 1. The average molecular weight is 368 g/mol. The van der Waals surface area contributed by atoms with Crippen LogP contribution in [0.15, 0.2) is 47.4 Å². The second-order valence-electron chi connectivity index (χ2n) is 7.37. The van der Waals surface area contributed by atoms with Gasteiger partial charge in [-0.05, 0) is 42.8 Å². The first-order valence-corrected chi connectivity index (χ1v) is 10.3. The highest BCUT2D eigenvalue weighted by atomic mass is 32.2. The number of nitrogens with one attached hydrogen (secondary N) is 1. The summed E-state index contributed by atoms with van der Waals surface area (Å²) in [7, 11) is -1.49. The maximum absolute atomic E-state index is 13.5. The Morgan fingerprint density at radius 3 is 2.62 bits per heavy atom. The molecule has 1 unspecified atom stereocenters. The molecule has 1 fully saturated rings. The third-order valence-corrected chi connectivity index (χ3v) is 7.41. The SMILES string of the molecule is Cc1ccc2c(c1)[C@H]1C[NH+](C)CC[C@@H]1N2S(=O)(=O)c1ccc(C#N)cc1. The molecule has 0 radical (unpaired) electrons. The van der Waals surface area contributed by atoms with Gasteiger partial charge in [-0.15, -0.1) is 0 Å².